The van der Waals surface area contributed by atoms with E-state index in [0.29, 0.717) is 23.8 Å². The van der Waals surface area contributed by atoms with Crippen molar-refractivity contribution in [1.82, 2.24) is 4.98 Å². The second-order valence-corrected chi connectivity index (χ2v) is 7.11. The summed E-state index contributed by atoms with van der Waals surface area (Å²) >= 11 is 1.38. The minimum atomic E-state index is -0.877. The van der Waals surface area contributed by atoms with Gasteiger partial charge in [-0.05, 0) is 26.0 Å². The Morgan fingerprint density at radius 3 is 2.56 bits per heavy atom. The van der Waals surface area contributed by atoms with Crippen molar-refractivity contribution in [1.29, 1.82) is 0 Å². The van der Waals surface area contributed by atoms with Gasteiger partial charge in [-0.3, -0.25) is 4.79 Å². The zero-order valence-electron chi connectivity index (χ0n) is 15.5. The fraction of sp³-hybridized carbons (Fsp3) is 0.238. The molecule has 3 rings (SSSR count). The highest BCUT2D eigenvalue weighted by atomic mass is 32.1. The number of carboxylic acid groups (broad SMARTS) is 1. The lowest BCUT2D eigenvalue weighted by Crippen LogP contribution is -1.99. The van der Waals surface area contributed by atoms with Gasteiger partial charge < -0.3 is 14.6 Å². The van der Waals surface area contributed by atoms with Crippen LogP contribution >= 0.6 is 11.3 Å². The molecule has 0 radical (unpaired) electrons. The van der Waals surface area contributed by atoms with Crippen molar-refractivity contribution in [2.24, 2.45) is 0 Å². The van der Waals surface area contributed by atoms with Gasteiger partial charge in [0.25, 0.3) is 0 Å². The van der Waals surface area contributed by atoms with Gasteiger partial charge in [0, 0.05) is 16.5 Å². The summed E-state index contributed by atoms with van der Waals surface area (Å²) in [5.41, 5.74) is 3.58. The Morgan fingerprint density at radius 1 is 1.19 bits per heavy atom. The maximum atomic E-state index is 11.3. The number of hydrogen-bond donors (Lipinski definition) is 1. The molecule has 0 saturated carbocycles. The molecule has 3 aromatic rings. The van der Waals surface area contributed by atoms with Crippen LogP contribution in [0.4, 0.5) is 0 Å². The highest BCUT2D eigenvalue weighted by molar-refractivity contribution is 7.15. The van der Waals surface area contributed by atoms with Crippen LogP contribution in [0.25, 0.3) is 21.8 Å². The SMILES string of the molecule is CCOc1cc(OC)ccc1-c1nc(-c2ccc(C)cc2)c(CC(=O)O)s1. The number of ether oxygens (including phenoxy) is 2. The first-order valence-electron chi connectivity index (χ1n) is 8.61. The molecule has 0 aliphatic heterocycles. The summed E-state index contributed by atoms with van der Waals surface area (Å²) in [7, 11) is 1.61. The number of aryl methyl sites for hydroxylation is 1. The maximum Gasteiger partial charge on any atom is 0.308 e. The molecule has 0 spiro atoms. The third-order valence-electron chi connectivity index (χ3n) is 4.05. The summed E-state index contributed by atoms with van der Waals surface area (Å²) in [5.74, 6) is 0.490. The molecule has 140 valence electrons. The third kappa shape index (κ3) is 4.28. The predicted octanol–water partition coefficient (Wildman–Crippen LogP) is 4.82. The third-order valence-corrected chi connectivity index (χ3v) is 5.14. The molecular weight excluding hydrogens is 362 g/mol. The van der Waals surface area contributed by atoms with Crippen molar-refractivity contribution in [2.45, 2.75) is 20.3 Å². The van der Waals surface area contributed by atoms with Crippen LogP contribution in [0.2, 0.25) is 0 Å². The van der Waals surface area contributed by atoms with Gasteiger partial charge in [-0.1, -0.05) is 29.8 Å². The molecule has 5 nitrogen and oxygen atoms in total. The van der Waals surface area contributed by atoms with E-state index in [0.717, 1.165) is 26.6 Å². The normalized spacial score (nSPS) is 10.6. The van der Waals surface area contributed by atoms with E-state index in [1.165, 1.54) is 11.3 Å². The average molecular weight is 383 g/mol. The van der Waals surface area contributed by atoms with Crippen LogP contribution in [0.3, 0.4) is 0 Å². The molecule has 0 amide bonds. The molecule has 1 aromatic heterocycles. The van der Waals surface area contributed by atoms with E-state index in [1.54, 1.807) is 7.11 Å². The van der Waals surface area contributed by atoms with Gasteiger partial charge in [0.2, 0.25) is 0 Å². The van der Waals surface area contributed by atoms with Crippen LogP contribution in [-0.4, -0.2) is 29.8 Å². The number of nitrogens with zero attached hydrogens (tertiary/aromatic N) is 1. The van der Waals surface area contributed by atoms with Crippen LogP contribution in [0.15, 0.2) is 42.5 Å². The largest absolute Gasteiger partial charge is 0.497 e. The molecule has 1 N–H and O–H groups in total. The number of benzene rings is 2. The van der Waals surface area contributed by atoms with Crippen LogP contribution in [-0.2, 0) is 11.2 Å². The average Bonchev–Trinajstić information content (AvgIpc) is 3.05. The molecule has 0 aliphatic rings. The maximum absolute atomic E-state index is 11.3. The Balaban J connectivity index is 2.11. The Morgan fingerprint density at radius 2 is 1.93 bits per heavy atom. The fourth-order valence-corrected chi connectivity index (χ4v) is 3.85. The Bertz CT molecular complexity index is 947. The first kappa shape index (κ1) is 18.9. The van der Waals surface area contributed by atoms with Crippen LogP contribution in [0.5, 0.6) is 11.5 Å². The zero-order valence-corrected chi connectivity index (χ0v) is 16.3. The quantitative estimate of drug-likeness (QED) is 0.633. The van der Waals surface area contributed by atoms with Gasteiger partial charge in [-0.2, -0.15) is 0 Å². The molecule has 0 bridgehead atoms. The first-order chi connectivity index (χ1) is 13.0. The smallest absolute Gasteiger partial charge is 0.308 e. The number of thiazole rings is 1. The van der Waals surface area contributed by atoms with Gasteiger partial charge in [-0.25, -0.2) is 4.98 Å². The minimum Gasteiger partial charge on any atom is -0.497 e. The number of aliphatic carboxylic acids is 1. The van der Waals surface area contributed by atoms with E-state index in [-0.39, 0.29) is 6.42 Å². The summed E-state index contributed by atoms with van der Waals surface area (Å²) in [5, 5.41) is 10.0. The lowest BCUT2D eigenvalue weighted by molar-refractivity contribution is -0.136. The molecule has 0 unspecified atom stereocenters. The predicted molar refractivity (Wildman–Crippen MR) is 107 cm³/mol. The van der Waals surface area contributed by atoms with Gasteiger partial charge >= 0.3 is 5.97 Å². The van der Waals surface area contributed by atoms with Crippen LogP contribution < -0.4 is 9.47 Å². The number of hydrogen-bond acceptors (Lipinski definition) is 5. The van der Waals surface area contributed by atoms with Gasteiger partial charge in [0.1, 0.15) is 16.5 Å². The van der Waals surface area contributed by atoms with Crippen molar-refractivity contribution in [3.63, 3.8) is 0 Å². The Hall–Kier alpha value is -2.86. The number of carboxylic acids is 1. The summed E-state index contributed by atoms with van der Waals surface area (Å²) in [4.78, 5) is 16.8. The number of methoxy groups -OCH3 is 1. The van der Waals surface area contributed by atoms with Gasteiger partial charge in [0.05, 0.1) is 31.4 Å². The molecule has 0 atom stereocenters. The molecule has 27 heavy (non-hydrogen) atoms. The highest BCUT2D eigenvalue weighted by Gasteiger charge is 2.19. The Labute approximate surface area is 162 Å². The second kappa shape index (κ2) is 8.22. The lowest BCUT2D eigenvalue weighted by atomic mass is 10.1. The number of carbonyl (C=O) groups is 1. The van der Waals surface area contributed by atoms with Crippen molar-refractivity contribution in [2.75, 3.05) is 13.7 Å². The molecule has 6 heteroatoms. The molecule has 1 heterocycles. The van der Waals surface area contributed by atoms with Gasteiger partial charge in [-0.15, -0.1) is 11.3 Å². The van der Waals surface area contributed by atoms with Crippen LogP contribution in [0.1, 0.15) is 17.4 Å². The lowest BCUT2D eigenvalue weighted by Gasteiger charge is -2.10. The highest BCUT2D eigenvalue weighted by Crippen LogP contribution is 2.39. The molecule has 0 fully saturated rings. The monoisotopic (exact) mass is 383 g/mol. The molecule has 0 saturated heterocycles. The number of rotatable bonds is 7. The van der Waals surface area contributed by atoms with Crippen molar-refractivity contribution in [3.8, 4) is 33.3 Å². The zero-order chi connectivity index (χ0) is 19.4. The van der Waals surface area contributed by atoms with Gasteiger partial charge in [0.15, 0.2) is 0 Å². The molecule has 2 aromatic carbocycles. The summed E-state index contributed by atoms with van der Waals surface area (Å²) in [6.45, 7) is 4.44. The van der Waals surface area contributed by atoms with Crippen LogP contribution in [0, 0.1) is 6.92 Å². The minimum absolute atomic E-state index is 0.0685. The summed E-state index contributed by atoms with van der Waals surface area (Å²) < 4.78 is 11.0. The van der Waals surface area contributed by atoms with E-state index in [9.17, 15) is 9.90 Å². The molecular formula is C21H21NO4S. The summed E-state index contributed by atoms with van der Waals surface area (Å²) in [6.07, 6.45) is -0.0685. The van der Waals surface area contributed by atoms with E-state index < -0.39 is 5.97 Å². The second-order valence-electron chi connectivity index (χ2n) is 6.02. The van der Waals surface area contributed by atoms with Crippen molar-refractivity contribution < 1.29 is 19.4 Å². The first-order valence-corrected chi connectivity index (χ1v) is 9.43. The van der Waals surface area contributed by atoms with E-state index in [2.05, 4.69) is 0 Å². The Kier molecular flexibility index (Phi) is 5.76. The van der Waals surface area contributed by atoms with Crippen molar-refractivity contribution >= 4 is 17.3 Å². The standard InChI is InChI=1S/C21H21NO4S/c1-4-26-17-11-15(25-3)9-10-16(17)21-22-20(18(27-21)12-19(23)24)14-7-5-13(2)6-8-14/h5-11H,4,12H2,1-3H3,(H,23,24). The van der Waals surface area contributed by atoms with Crippen molar-refractivity contribution in [3.05, 3.63) is 52.9 Å². The molecule has 0 aliphatic carbocycles. The van der Waals surface area contributed by atoms with E-state index in [1.807, 2.05) is 56.3 Å². The number of aromatic nitrogens is 1. The van der Waals surface area contributed by atoms with E-state index >= 15 is 0 Å². The van der Waals surface area contributed by atoms with E-state index in [4.69, 9.17) is 14.5 Å². The topological polar surface area (TPSA) is 68.7 Å². The summed E-state index contributed by atoms with van der Waals surface area (Å²) in [6, 6.07) is 13.5. The fourth-order valence-electron chi connectivity index (χ4n) is 2.74.